The molecular weight excluding hydrogens is 382 g/mol. The van der Waals surface area contributed by atoms with Gasteiger partial charge in [0.05, 0.1) is 11.1 Å². The van der Waals surface area contributed by atoms with Gasteiger partial charge in [0, 0.05) is 16.9 Å². The average molecular weight is 399 g/mol. The predicted octanol–water partition coefficient (Wildman–Crippen LogP) is 4.74. The molecule has 0 radical (unpaired) electrons. The smallest absolute Gasteiger partial charge is 0.134 e. The first-order valence-corrected chi connectivity index (χ1v) is 8.54. The summed E-state index contributed by atoms with van der Waals surface area (Å²) in [5.41, 5.74) is 0. The van der Waals surface area contributed by atoms with E-state index in [9.17, 15) is 0 Å². The Labute approximate surface area is 136 Å². The van der Waals surface area contributed by atoms with E-state index in [1.165, 1.54) is 23.6 Å². The number of halogens is 2. The van der Waals surface area contributed by atoms with E-state index < -0.39 is 0 Å². The first-order valence-electron chi connectivity index (χ1n) is 6.95. The number of piperidine rings is 1. The van der Waals surface area contributed by atoms with E-state index in [4.69, 9.17) is 4.74 Å². The van der Waals surface area contributed by atoms with Gasteiger partial charge in [-0.2, -0.15) is 0 Å². The summed E-state index contributed by atoms with van der Waals surface area (Å²) >= 11 is 7.18. The van der Waals surface area contributed by atoms with E-state index in [0.717, 1.165) is 34.4 Å². The van der Waals surface area contributed by atoms with Crippen molar-refractivity contribution in [2.75, 3.05) is 19.7 Å². The Hall–Kier alpha value is -0.580. The van der Waals surface area contributed by atoms with Crippen molar-refractivity contribution in [2.24, 2.45) is 5.92 Å². The van der Waals surface area contributed by atoms with Crippen molar-refractivity contribution in [1.82, 2.24) is 5.32 Å². The lowest BCUT2D eigenvalue weighted by Gasteiger charge is -2.23. The quantitative estimate of drug-likeness (QED) is 0.805. The van der Waals surface area contributed by atoms with Gasteiger partial charge < -0.3 is 10.1 Å². The topological polar surface area (TPSA) is 21.3 Å². The summed E-state index contributed by atoms with van der Waals surface area (Å²) in [6.45, 7) is 3.00. The van der Waals surface area contributed by atoms with Crippen LogP contribution in [-0.4, -0.2) is 19.7 Å². The average Bonchev–Trinajstić information content (AvgIpc) is 2.47. The van der Waals surface area contributed by atoms with Gasteiger partial charge in [-0.1, -0.05) is 28.1 Å². The van der Waals surface area contributed by atoms with Crippen molar-refractivity contribution in [3.63, 3.8) is 0 Å². The molecule has 1 aliphatic heterocycles. The number of fused-ring (bicyclic) bond motifs is 1. The number of rotatable bonds is 3. The highest BCUT2D eigenvalue weighted by atomic mass is 79.9. The molecule has 3 rings (SSSR count). The molecule has 1 atom stereocenters. The highest BCUT2D eigenvalue weighted by molar-refractivity contribution is 9.11. The van der Waals surface area contributed by atoms with E-state index >= 15 is 0 Å². The standard InChI is InChI=1S/C16H17Br2NO/c17-13-4-5-14-12(8-13)3-6-15(16(14)18)20-10-11-2-1-7-19-9-11/h3-6,8,11,19H,1-2,7,9-10H2/t11-/m0/s1. The molecule has 2 nitrogen and oxygen atoms in total. The summed E-state index contributed by atoms with van der Waals surface area (Å²) in [5.74, 6) is 1.56. The SMILES string of the molecule is Brc1ccc2c(Br)c(OC[C@H]3CCCNC3)ccc2c1. The monoisotopic (exact) mass is 397 g/mol. The van der Waals surface area contributed by atoms with Crippen LogP contribution in [0.25, 0.3) is 10.8 Å². The molecule has 1 N–H and O–H groups in total. The van der Waals surface area contributed by atoms with Crippen LogP contribution < -0.4 is 10.1 Å². The number of benzene rings is 2. The molecule has 0 amide bonds. The normalized spacial score (nSPS) is 19.2. The van der Waals surface area contributed by atoms with Crippen molar-refractivity contribution in [3.8, 4) is 5.75 Å². The Bertz CT molecular complexity index is 609. The molecule has 4 heteroatoms. The fourth-order valence-corrected chi connectivity index (χ4v) is 3.61. The minimum absolute atomic E-state index is 0.622. The van der Waals surface area contributed by atoms with Crippen LogP contribution in [-0.2, 0) is 0 Å². The molecule has 1 aliphatic rings. The van der Waals surface area contributed by atoms with Gasteiger partial charge in [-0.3, -0.25) is 0 Å². The molecule has 0 bridgehead atoms. The van der Waals surface area contributed by atoms with Crippen LogP contribution in [0, 0.1) is 5.92 Å². The van der Waals surface area contributed by atoms with Crippen LogP contribution in [0.4, 0.5) is 0 Å². The van der Waals surface area contributed by atoms with E-state index in [0.29, 0.717) is 5.92 Å². The third kappa shape index (κ3) is 3.18. The molecule has 0 unspecified atom stereocenters. The molecule has 1 heterocycles. The summed E-state index contributed by atoms with van der Waals surface area (Å²) in [7, 11) is 0. The maximum Gasteiger partial charge on any atom is 0.134 e. The third-order valence-corrected chi connectivity index (χ3v) is 5.07. The van der Waals surface area contributed by atoms with Gasteiger partial charge in [-0.25, -0.2) is 0 Å². The van der Waals surface area contributed by atoms with Crippen molar-refractivity contribution in [2.45, 2.75) is 12.8 Å². The highest BCUT2D eigenvalue weighted by Crippen LogP contribution is 2.34. The van der Waals surface area contributed by atoms with E-state index in [-0.39, 0.29) is 0 Å². The maximum absolute atomic E-state index is 6.02. The lowest BCUT2D eigenvalue weighted by Crippen LogP contribution is -2.33. The van der Waals surface area contributed by atoms with Gasteiger partial charge in [0.25, 0.3) is 0 Å². The second-order valence-corrected chi connectivity index (χ2v) is 6.98. The van der Waals surface area contributed by atoms with Gasteiger partial charge in [0.2, 0.25) is 0 Å². The molecule has 1 saturated heterocycles. The van der Waals surface area contributed by atoms with Crippen molar-refractivity contribution < 1.29 is 4.74 Å². The number of hydrogen-bond acceptors (Lipinski definition) is 2. The van der Waals surface area contributed by atoms with Gasteiger partial charge in [-0.05, 0) is 64.3 Å². The number of nitrogens with one attached hydrogen (secondary N) is 1. The molecule has 1 fully saturated rings. The fraction of sp³-hybridized carbons (Fsp3) is 0.375. The first kappa shape index (κ1) is 14.4. The molecule has 0 spiro atoms. The second-order valence-electron chi connectivity index (χ2n) is 5.27. The second kappa shape index (κ2) is 6.46. The Balaban J connectivity index is 1.77. The third-order valence-electron chi connectivity index (χ3n) is 3.75. The number of hydrogen-bond donors (Lipinski definition) is 1. The Morgan fingerprint density at radius 3 is 2.90 bits per heavy atom. The lowest BCUT2D eigenvalue weighted by molar-refractivity contribution is 0.217. The summed E-state index contributed by atoms with van der Waals surface area (Å²) in [4.78, 5) is 0. The van der Waals surface area contributed by atoms with Crippen LogP contribution in [0.3, 0.4) is 0 Å². The zero-order chi connectivity index (χ0) is 13.9. The molecule has 0 saturated carbocycles. The molecule has 2 aromatic rings. The maximum atomic E-state index is 6.02. The predicted molar refractivity (Wildman–Crippen MR) is 90.4 cm³/mol. The minimum Gasteiger partial charge on any atom is -0.492 e. The van der Waals surface area contributed by atoms with Crippen molar-refractivity contribution in [3.05, 3.63) is 39.3 Å². The van der Waals surface area contributed by atoms with E-state index in [1.54, 1.807) is 0 Å². The van der Waals surface area contributed by atoms with E-state index in [1.807, 2.05) is 0 Å². The molecule has 0 aliphatic carbocycles. The molecule has 0 aromatic heterocycles. The van der Waals surface area contributed by atoms with Gasteiger partial charge in [0.1, 0.15) is 5.75 Å². The van der Waals surface area contributed by atoms with Crippen LogP contribution in [0.2, 0.25) is 0 Å². The fourth-order valence-electron chi connectivity index (χ4n) is 2.63. The molecule has 106 valence electrons. The number of ether oxygens (including phenoxy) is 1. The molecular formula is C16H17Br2NO. The lowest BCUT2D eigenvalue weighted by atomic mass is 10.0. The molecule has 2 aromatic carbocycles. The van der Waals surface area contributed by atoms with Crippen LogP contribution in [0.15, 0.2) is 39.3 Å². The Morgan fingerprint density at radius 1 is 1.20 bits per heavy atom. The summed E-state index contributed by atoms with van der Waals surface area (Å²) in [5, 5.41) is 5.82. The van der Waals surface area contributed by atoms with Crippen LogP contribution in [0.1, 0.15) is 12.8 Å². The minimum atomic E-state index is 0.622. The van der Waals surface area contributed by atoms with Crippen molar-refractivity contribution >= 4 is 42.6 Å². The highest BCUT2D eigenvalue weighted by Gasteiger charge is 2.14. The zero-order valence-corrected chi connectivity index (χ0v) is 14.3. The van der Waals surface area contributed by atoms with Gasteiger partial charge in [0.15, 0.2) is 0 Å². The van der Waals surface area contributed by atoms with Crippen molar-refractivity contribution in [1.29, 1.82) is 0 Å². The first-order chi connectivity index (χ1) is 9.74. The zero-order valence-electron chi connectivity index (χ0n) is 11.2. The van der Waals surface area contributed by atoms with Crippen LogP contribution in [0.5, 0.6) is 5.75 Å². The Morgan fingerprint density at radius 2 is 2.10 bits per heavy atom. The van der Waals surface area contributed by atoms with Gasteiger partial charge >= 0.3 is 0 Å². The van der Waals surface area contributed by atoms with Crippen LogP contribution >= 0.6 is 31.9 Å². The van der Waals surface area contributed by atoms with E-state index in [2.05, 4.69) is 67.5 Å². The summed E-state index contributed by atoms with van der Waals surface area (Å²) in [6.07, 6.45) is 2.51. The largest absolute Gasteiger partial charge is 0.492 e. The summed E-state index contributed by atoms with van der Waals surface area (Å²) < 4.78 is 8.16. The van der Waals surface area contributed by atoms with Gasteiger partial charge in [-0.15, -0.1) is 0 Å². The summed E-state index contributed by atoms with van der Waals surface area (Å²) in [6, 6.07) is 10.4. The Kier molecular flexibility index (Phi) is 4.64. The molecule has 20 heavy (non-hydrogen) atoms.